The number of nitrogens with zero attached hydrogens (tertiary/aromatic N) is 2. The molecular formula is C18H31N3O. The molecule has 4 heteroatoms. The van der Waals surface area contributed by atoms with Crippen LogP contribution in [0.5, 0.6) is 0 Å². The van der Waals surface area contributed by atoms with Gasteiger partial charge in [-0.05, 0) is 44.2 Å². The Labute approximate surface area is 135 Å². The van der Waals surface area contributed by atoms with Crippen molar-refractivity contribution in [2.24, 2.45) is 4.99 Å². The van der Waals surface area contributed by atoms with Crippen LogP contribution in [0.3, 0.4) is 0 Å². The van der Waals surface area contributed by atoms with Crippen molar-refractivity contribution in [1.29, 1.82) is 0 Å². The van der Waals surface area contributed by atoms with Gasteiger partial charge in [0.25, 0.3) is 0 Å². The lowest BCUT2D eigenvalue weighted by molar-refractivity contribution is 0.192. The molecule has 124 valence electrons. The number of ether oxygens (including phenoxy) is 1. The normalized spacial score (nSPS) is 11.5. The van der Waals surface area contributed by atoms with Crippen LogP contribution in [0.2, 0.25) is 0 Å². The number of guanidine groups is 1. The van der Waals surface area contributed by atoms with E-state index in [9.17, 15) is 0 Å². The van der Waals surface area contributed by atoms with E-state index in [4.69, 9.17) is 9.73 Å². The highest BCUT2D eigenvalue weighted by molar-refractivity contribution is 5.79. The molecule has 0 aliphatic carbocycles. The van der Waals surface area contributed by atoms with Gasteiger partial charge < -0.3 is 15.0 Å². The van der Waals surface area contributed by atoms with Gasteiger partial charge in [0, 0.05) is 40.4 Å². The maximum absolute atomic E-state index is 5.07. The average molecular weight is 305 g/mol. The van der Waals surface area contributed by atoms with E-state index in [0.29, 0.717) is 0 Å². The van der Waals surface area contributed by atoms with Gasteiger partial charge in [0.05, 0.1) is 0 Å². The zero-order valence-corrected chi connectivity index (χ0v) is 14.6. The molecule has 0 aromatic heterocycles. The summed E-state index contributed by atoms with van der Waals surface area (Å²) in [5.74, 6) is 0.984. The van der Waals surface area contributed by atoms with E-state index in [1.807, 2.05) is 0 Å². The molecule has 0 fully saturated rings. The van der Waals surface area contributed by atoms with Gasteiger partial charge in [0.2, 0.25) is 0 Å². The minimum Gasteiger partial charge on any atom is -0.385 e. The second-order valence-electron chi connectivity index (χ2n) is 5.57. The van der Waals surface area contributed by atoms with E-state index < -0.39 is 0 Å². The molecule has 1 rings (SSSR count). The van der Waals surface area contributed by atoms with Gasteiger partial charge in [-0.3, -0.25) is 4.99 Å². The topological polar surface area (TPSA) is 36.9 Å². The third-order valence-electron chi connectivity index (χ3n) is 3.63. The first-order valence-electron chi connectivity index (χ1n) is 8.22. The van der Waals surface area contributed by atoms with Crippen molar-refractivity contribution in [3.8, 4) is 0 Å². The summed E-state index contributed by atoms with van der Waals surface area (Å²) in [4.78, 5) is 6.92. The predicted octanol–water partition coefficient (Wildman–Crippen LogP) is 3.21. The highest BCUT2D eigenvalue weighted by Crippen LogP contribution is 2.09. The molecule has 22 heavy (non-hydrogen) atoms. The van der Waals surface area contributed by atoms with Crippen LogP contribution in [-0.4, -0.2) is 44.7 Å². The van der Waals surface area contributed by atoms with E-state index in [-0.39, 0.29) is 0 Å². The van der Waals surface area contributed by atoms with Crippen LogP contribution in [0.1, 0.15) is 37.3 Å². The van der Waals surface area contributed by atoms with Crippen LogP contribution in [0.4, 0.5) is 0 Å². The van der Waals surface area contributed by atoms with Gasteiger partial charge in [0.15, 0.2) is 5.96 Å². The molecule has 0 atom stereocenters. The fourth-order valence-electron chi connectivity index (χ4n) is 2.31. The number of benzene rings is 1. The van der Waals surface area contributed by atoms with Crippen molar-refractivity contribution in [3.05, 3.63) is 35.4 Å². The Morgan fingerprint density at radius 1 is 1.23 bits per heavy atom. The fraction of sp³-hybridized carbons (Fsp3) is 0.611. The second kappa shape index (κ2) is 11.1. The van der Waals surface area contributed by atoms with Gasteiger partial charge in [-0.1, -0.05) is 24.3 Å². The van der Waals surface area contributed by atoms with Crippen LogP contribution in [0, 0.1) is 6.92 Å². The predicted molar refractivity (Wildman–Crippen MR) is 94.4 cm³/mol. The van der Waals surface area contributed by atoms with E-state index in [1.165, 1.54) is 11.1 Å². The summed E-state index contributed by atoms with van der Waals surface area (Å²) in [7, 11) is 3.85. The van der Waals surface area contributed by atoms with Gasteiger partial charge in [-0.15, -0.1) is 0 Å². The van der Waals surface area contributed by atoms with E-state index in [1.54, 1.807) is 7.11 Å². The molecule has 0 aliphatic rings. The first kappa shape index (κ1) is 18.5. The molecule has 0 bridgehead atoms. The summed E-state index contributed by atoms with van der Waals surface area (Å²) in [5, 5.41) is 3.38. The third-order valence-corrected chi connectivity index (χ3v) is 3.63. The molecule has 0 radical (unpaired) electrons. The number of nitrogens with one attached hydrogen (secondary N) is 1. The number of aryl methyl sites for hydroxylation is 1. The molecule has 0 aliphatic heterocycles. The van der Waals surface area contributed by atoms with Crippen LogP contribution < -0.4 is 5.32 Å². The Balaban J connectivity index is 2.51. The highest BCUT2D eigenvalue weighted by Gasteiger charge is 2.07. The van der Waals surface area contributed by atoms with Crippen LogP contribution in [-0.2, 0) is 11.3 Å². The second-order valence-corrected chi connectivity index (χ2v) is 5.57. The summed E-state index contributed by atoms with van der Waals surface area (Å²) in [6, 6.07) is 8.51. The molecule has 0 unspecified atom stereocenters. The SMILES string of the molecule is CCNC(=NCCCCCOC)N(C)Cc1ccccc1C. The molecule has 0 saturated heterocycles. The maximum atomic E-state index is 5.07. The third kappa shape index (κ3) is 6.94. The van der Waals surface area contributed by atoms with Crippen molar-refractivity contribution in [3.63, 3.8) is 0 Å². The number of unbranched alkanes of at least 4 members (excludes halogenated alkanes) is 2. The molecule has 1 N–H and O–H groups in total. The first-order valence-corrected chi connectivity index (χ1v) is 8.22. The summed E-state index contributed by atoms with van der Waals surface area (Å²) < 4.78 is 5.07. The minimum absolute atomic E-state index is 0.844. The lowest BCUT2D eigenvalue weighted by Gasteiger charge is -2.23. The Bertz CT molecular complexity index is 446. The van der Waals surface area contributed by atoms with Gasteiger partial charge in [0.1, 0.15) is 0 Å². The molecule has 1 aromatic rings. The zero-order valence-electron chi connectivity index (χ0n) is 14.6. The van der Waals surface area contributed by atoms with Gasteiger partial charge in [-0.25, -0.2) is 0 Å². The molecule has 0 spiro atoms. The fourth-order valence-corrected chi connectivity index (χ4v) is 2.31. The molecule has 4 nitrogen and oxygen atoms in total. The van der Waals surface area contributed by atoms with Crippen LogP contribution >= 0.6 is 0 Å². The van der Waals surface area contributed by atoms with Gasteiger partial charge >= 0.3 is 0 Å². The monoisotopic (exact) mass is 305 g/mol. The maximum Gasteiger partial charge on any atom is 0.193 e. The summed E-state index contributed by atoms with van der Waals surface area (Å²) in [6.45, 7) is 7.74. The molecule has 0 amide bonds. The summed E-state index contributed by atoms with van der Waals surface area (Å²) in [5.41, 5.74) is 2.67. The standard InChI is InChI=1S/C18H31N3O/c1-5-19-18(20-13-9-6-10-14-22-4)21(3)15-17-12-8-7-11-16(17)2/h7-8,11-12H,5-6,9-10,13-15H2,1-4H3,(H,19,20). The van der Waals surface area contributed by atoms with Crippen molar-refractivity contribution < 1.29 is 4.74 Å². The van der Waals surface area contributed by atoms with Crippen molar-refractivity contribution in [2.75, 3.05) is 33.9 Å². The van der Waals surface area contributed by atoms with E-state index in [2.05, 4.69) is 55.4 Å². The molecule has 0 heterocycles. The molecule has 0 saturated carbocycles. The Kier molecular flexibility index (Phi) is 9.31. The summed E-state index contributed by atoms with van der Waals surface area (Å²) in [6.07, 6.45) is 3.39. The largest absolute Gasteiger partial charge is 0.385 e. The molecular weight excluding hydrogens is 274 g/mol. The van der Waals surface area contributed by atoms with Crippen LogP contribution in [0.25, 0.3) is 0 Å². The Morgan fingerprint density at radius 3 is 2.68 bits per heavy atom. The number of aliphatic imine (C=N–C) groups is 1. The van der Waals surface area contributed by atoms with E-state index in [0.717, 1.165) is 51.5 Å². The molecule has 1 aromatic carbocycles. The number of rotatable bonds is 9. The number of hydrogen-bond acceptors (Lipinski definition) is 2. The van der Waals surface area contributed by atoms with Crippen molar-refractivity contribution >= 4 is 5.96 Å². The zero-order chi connectivity index (χ0) is 16.2. The summed E-state index contributed by atoms with van der Waals surface area (Å²) >= 11 is 0. The van der Waals surface area contributed by atoms with Gasteiger partial charge in [-0.2, -0.15) is 0 Å². The average Bonchev–Trinajstić information content (AvgIpc) is 2.51. The van der Waals surface area contributed by atoms with Crippen molar-refractivity contribution in [2.45, 2.75) is 39.7 Å². The lowest BCUT2D eigenvalue weighted by atomic mass is 10.1. The number of hydrogen-bond donors (Lipinski definition) is 1. The highest BCUT2D eigenvalue weighted by atomic mass is 16.5. The Morgan fingerprint density at radius 2 is 2.00 bits per heavy atom. The van der Waals surface area contributed by atoms with E-state index >= 15 is 0 Å². The number of methoxy groups -OCH3 is 1. The minimum atomic E-state index is 0.844. The van der Waals surface area contributed by atoms with Crippen molar-refractivity contribution in [1.82, 2.24) is 10.2 Å². The first-order chi connectivity index (χ1) is 10.7. The lowest BCUT2D eigenvalue weighted by Crippen LogP contribution is -2.38. The van der Waals surface area contributed by atoms with Crippen LogP contribution in [0.15, 0.2) is 29.3 Å². The quantitative estimate of drug-likeness (QED) is 0.432. The smallest absolute Gasteiger partial charge is 0.193 e. The Hall–Kier alpha value is -1.55.